The smallest absolute Gasteiger partial charge is 0.307 e. The third-order valence-electron chi connectivity index (χ3n) is 4.85. The van der Waals surface area contributed by atoms with Gasteiger partial charge in [0, 0.05) is 12.5 Å². The molecule has 1 aromatic heterocycles. The summed E-state index contributed by atoms with van der Waals surface area (Å²) < 4.78 is 10.8. The minimum Gasteiger partial charge on any atom is -0.481 e. The molecule has 0 spiro atoms. The van der Waals surface area contributed by atoms with Crippen LogP contribution in [-0.4, -0.2) is 34.4 Å². The molecule has 116 valence electrons. The number of ether oxygens (including phenoxy) is 1. The number of carbonyl (C=O) groups is 1. The van der Waals surface area contributed by atoms with E-state index in [-0.39, 0.29) is 11.8 Å². The average molecular weight is 294 g/mol. The maximum absolute atomic E-state index is 11.4. The van der Waals surface area contributed by atoms with Gasteiger partial charge in [0.05, 0.1) is 18.4 Å². The largest absolute Gasteiger partial charge is 0.481 e. The quantitative estimate of drug-likeness (QED) is 0.918. The van der Waals surface area contributed by atoms with Gasteiger partial charge < -0.3 is 14.4 Å². The van der Waals surface area contributed by atoms with Crippen LogP contribution in [0.3, 0.4) is 0 Å². The second kappa shape index (κ2) is 6.13. The predicted molar refractivity (Wildman–Crippen MR) is 74.0 cm³/mol. The van der Waals surface area contributed by atoms with E-state index < -0.39 is 11.9 Å². The number of carboxylic acid groups (broad SMARTS) is 1. The van der Waals surface area contributed by atoms with Crippen LogP contribution < -0.4 is 0 Å². The number of rotatable bonds is 4. The Morgan fingerprint density at radius 1 is 1.43 bits per heavy atom. The second-order valence-corrected chi connectivity index (χ2v) is 6.20. The maximum atomic E-state index is 11.4. The van der Waals surface area contributed by atoms with E-state index in [4.69, 9.17) is 9.26 Å². The molecule has 2 fully saturated rings. The first kappa shape index (κ1) is 14.5. The molecule has 1 saturated carbocycles. The zero-order valence-corrected chi connectivity index (χ0v) is 12.3. The highest BCUT2D eigenvalue weighted by Crippen LogP contribution is 2.44. The molecule has 21 heavy (non-hydrogen) atoms. The van der Waals surface area contributed by atoms with Crippen LogP contribution >= 0.6 is 0 Å². The van der Waals surface area contributed by atoms with Gasteiger partial charge in [0.25, 0.3) is 0 Å². The van der Waals surface area contributed by atoms with Crippen LogP contribution in [0.1, 0.15) is 62.6 Å². The lowest BCUT2D eigenvalue weighted by Gasteiger charge is -2.18. The molecule has 0 aromatic carbocycles. The van der Waals surface area contributed by atoms with Gasteiger partial charge in [-0.1, -0.05) is 18.5 Å². The van der Waals surface area contributed by atoms with Crippen molar-refractivity contribution in [2.75, 3.05) is 13.2 Å². The van der Waals surface area contributed by atoms with E-state index in [1.165, 1.54) is 0 Å². The van der Waals surface area contributed by atoms with Crippen molar-refractivity contribution in [3.8, 4) is 0 Å². The van der Waals surface area contributed by atoms with Gasteiger partial charge in [-0.15, -0.1) is 0 Å². The first-order valence-corrected chi connectivity index (χ1v) is 7.83. The monoisotopic (exact) mass is 294 g/mol. The van der Waals surface area contributed by atoms with E-state index in [9.17, 15) is 9.90 Å². The predicted octanol–water partition coefficient (Wildman–Crippen LogP) is 2.57. The van der Waals surface area contributed by atoms with E-state index >= 15 is 0 Å². The van der Waals surface area contributed by atoms with Crippen LogP contribution in [0.25, 0.3) is 0 Å². The van der Waals surface area contributed by atoms with E-state index in [0.717, 1.165) is 32.3 Å². The first-order chi connectivity index (χ1) is 10.2. The van der Waals surface area contributed by atoms with Crippen LogP contribution in [0, 0.1) is 11.8 Å². The summed E-state index contributed by atoms with van der Waals surface area (Å²) in [5.74, 6) is 0.501. The number of nitrogens with zero attached hydrogens (tertiary/aromatic N) is 2. The van der Waals surface area contributed by atoms with Gasteiger partial charge in [-0.3, -0.25) is 4.79 Å². The zero-order valence-electron chi connectivity index (χ0n) is 12.3. The van der Waals surface area contributed by atoms with E-state index in [1.807, 2.05) is 0 Å². The lowest BCUT2D eigenvalue weighted by molar-refractivity contribution is -0.142. The molecule has 1 aromatic rings. The molecule has 1 N–H and O–H groups in total. The van der Waals surface area contributed by atoms with E-state index in [2.05, 4.69) is 17.1 Å². The fraction of sp³-hybridized carbons (Fsp3) is 0.800. The molecule has 1 saturated heterocycles. The number of hydrogen-bond acceptors (Lipinski definition) is 5. The van der Waals surface area contributed by atoms with Crippen molar-refractivity contribution in [3.05, 3.63) is 11.7 Å². The van der Waals surface area contributed by atoms with Gasteiger partial charge >= 0.3 is 5.97 Å². The Morgan fingerprint density at radius 2 is 2.29 bits per heavy atom. The Hall–Kier alpha value is -1.43. The van der Waals surface area contributed by atoms with Crippen molar-refractivity contribution in [2.45, 2.75) is 50.9 Å². The van der Waals surface area contributed by atoms with Gasteiger partial charge in [-0.05, 0) is 31.6 Å². The Kier molecular flexibility index (Phi) is 4.24. The molecule has 3 rings (SSSR count). The molecule has 1 aliphatic carbocycles. The summed E-state index contributed by atoms with van der Waals surface area (Å²) in [6, 6.07) is 0. The minimum absolute atomic E-state index is 0.141. The Balaban J connectivity index is 1.76. The third kappa shape index (κ3) is 2.95. The standard InChI is InChI=1S/C15H22N2O4/c1-2-9-6-11(12(7-9)15(18)19)14-16-13(17-21-14)10-4-3-5-20-8-10/h9-12H,2-8H2,1H3,(H,18,19). The molecular weight excluding hydrogens is 272 g/mol. The topological polar surface area (TPSA) is 85.5 Å². The molecule has 2 heterocycles. The molecular formula is C15H22N2O4. The summed E-state index contributed by atoms with van der Waals surface area (Å²) in [5, 5.41) is 13.5. The molecule has 0 radical (unpaired) electrons. The van der Waals surface area contributed by atoms with E-state index in [1.54, 1.807) is 0 Å². The van der Waals surface area contributed by atoms with Crippen LogP contribution in [0.4, 0.5) is 0 Å². The number of carboxylic acids is 1. The fourth-order valence-electron chi connectivity index (χ4n) is 3.53. The van der Waals surface area contributed by atoms with Crippen LogP contribution in [-0.2, 0) is 9.53 Å². The SMILES string of the molecule is CCC1CC(C(=O)O)C(c2nc(C3CCCOC3)no2)C1. The lowest BCUT2D eigenvalue weighted by atomic mass is 9.96. The molecule has 4 unspecified atom stereocenters. The molecule has 0 amide bonds. The van der Waals surface area contributed by atoms with Gasteiger partial charge in [-0.2, -0.15) is 4.98 Å². The highest BCUT2D eigenvalue weighted by molar-refractivity contribution is 5.71. The summed E-state index contributed by atoms with van der Waals surface area (Å²) in [6.45, 7) is 3.53. The Morgan fingerprint density at radius 3 is 2.95 bits per heavy atom. The number of aliphatic carboxylic acids is 1. The highest BCUT2D eigenvalue weighted by atomic mass is 16.5. The highest BCUT2D eigenvalue weighted by Gasteiger charge is 2.42. The van der Waals surface area contributed by atoms with E-state index in [0.29, 0.717) is 30.7 Å². The second-order valence-electron chi connectivity index (χ2n) is 6.20. The van der Waals surface area contributed by atoms with Gasteiger partial charge in [0.15, 0.2) is 5.82 Å². The summed E-state index contributed by atoms with van der Waals surface area (Å²) >= 11 is 0. The van der Waals surface area contributed by atoms with Gasteiger partial charge in [-0.25, -0.2) is 0 Å². The van der Waals surface area contributed by atoms with Gasteiger partial charge in [0.2, 0.25) is 5.89 Å². The van der Waals surface area contributed by atoms with Crippen molar-refractivity contribution in [2.24, 2.45) is 11.8 Å². The summed E-state index contributed by atoms with van der Waals surface area (Å²) in [5.41, 5.74) is 0. The number of hydrogen-bond donors (Lipinski definition) is 1. The maximum Gasteiger partial charge on any atom is 0.307 e. The minimum atomic E-state index is -0.753. The first-order valence-electron chi connectivity index (χ1n) is 7.83. The molecule has 1 aliphatic heterocycles. The van der Waals surface area contributed by atoms with Gasteiger partial charge in [0.1, 0.15) is 0 Å². The summed E-state index contributed by atoms with van der Waals surface area (Å²) in [4.78, 5) is 15.9. The van der Waals surface area contributed by atoms with Crippen LogP contribution in [0.2, 0.25) is 0 Å². The molecule has 6 heteroatoms. The molecule has 4 atom stereocenters. The number of aromatic nitrogens is 2. The summed E-state index contributed by atoms with van der Waals surface area (Å²) in [6.07, 6.45) is 4.55. The van der Waals surface area contributed by atoms with Crippen molar-refractivity contribution in [3.63, 3.8) is 0 Å². The molecule has 0 bridgehead atoms. The van der Waals surface area contributed by atoms with Crippen molar-refractivity contribution >= 4 is 5.97 Å². The molecule has 2 aliphatic rings. The Bertz CT molecular complexity index is 496. The lowest BCUT2D eigenvalue weighted by Crippen LogP contribution is -2.18. The van der Waals surface area contributed by atoms with Crippen molar-refractivity contribution in [1.82, 2.24) is 10.1 Å². The van der Waals surface area contributed by atoms with Crippen molar-refractivity contribution in [1.29, 1.82) is 0 Å². The third-order valence-corrected chi connectivity index (χ3v) is 4.85. The summed E-state index contributed by atoms with van der Waals surface area (Å²) in [7, 11) is 0. The Labute approximate surface area is 123 Å². The zero-order chi connectivity index (χ0) is 14.8. The van der Waals surface area contributed by atoms with Crippen molar-refractivity contribution < 1.29 is 19.2 Å². The fourth-order valence-corrected chi connectivity index (χ4v) is 3.53. The van der Waals surface area contributed by atoms with Crippen LogP contribution in [0.15, 0.2) is 4.52 Å². The molecule has 6 nitrogen and oxygen atoms in total. The average Bonchev–Trinajstić information content (AvgIpc) is 3.14. The normalized spacial score (nSPS) is 33.2. The van der Waals surface area contributed by atoms with Crippen LogP contribution in [0.5, 0.6) is 0 Å².